The first kappa shape index (κ1) is 26.1. The fourth-order valence-electron chi connectivity index (χ4n) is 3.05. The van der Waals surface area contributed by atoms with Crippen LogP contribution in [0.1, 0.15) is 70.8 Å². The average molecular weight is 450 g/mol. The van der Waals surface area contributed by atoms with Crippen LogP contribution < -0.4 is 5.30 Å². The molecule has 0 aliphatic rings. The Hall–Kier alpha value is -0.910. The lowest BCUT2D eigenvalue weighted by molar-refractivity contribution is -0.291. The van der Waals surface area contributed by atoms with E-state index >= 15 is 0 Å². The standard InChI is InChI=1S/C20H27F8P/c1-3-5-7-9-11-29(12-10-8-6-4-2)15-13-14(21)17(22)16(18(15)23)19(24,25)20(26,27)28/h13H,3-12H2,1-2H3. The van der Waals surface area contributed by atoms with Crippen molar-refractivity contribution < 1.29 is 35.1 Å². The van der Waals surface area contributed by atoms with Crippen LogP contribution in [-0.4, -0.2) is 18.5 Å². The number of unbranched alkanes of at least 4 members (excludes halogenated alkanes) is 6. The highest BCUT2D eigenvalue weighted by molar-refractivity contribution is 7.65. The molecule has 0 saturated carbocycles. The molecule has 0 saturated heterocycles. The summed E-state index contributed by atoms with van der Waals surface area (Å²) >= 11 is 0. The van der Waals surface area contributed by atoms with Crippen LogP contribution in [0.2, 0.25) is 0 Å². The molecule has 0 aliphatic carbocycles. The summed E-state index contributed by atoms with van der Waals surface area (Å²) in [5.74, 6) is -12.2. The molecular formula is C20H27F8P. The fraction of sp³-hybridized carbons (Fsp3) is 0.700. The maximum Gasteiger partial charge on any atom is 0.458 e. The smallest absolute Gasteiger partial charge is 0.206 e. The van der Waals surface area contributed by atoms with Gasteiger partial charge < -0.3 is 0 Å². The van der Waals surface area contributed by atoms with Crippen molar-refractivity contribution in [3.63, 3.8) is 0 Å². The molecule has 1 rings (SSSR count). The molecule has 0 bridgehead atoms. The van der Waals surface area contributed by atoms with Crippen LogP contribution in [0.5, 0.6) is 0 Å². The largest absolute Gasteiger partial charge is 0.458 e. The zero-order valence-corrected chi connectivity index (χ0v) is 17.5. The van der Waals surface area contributed by atoms with Gasteiger partial charge in [-0.25, -0.2) is 13.2 Å². The summed E-state index contributed by atoms with van der Waals surface area (Å²) in [5, 5.41) is -0.536. The van der Waals surface area contributed by atoms with Crippen LogP contribution in [0.3, 0.4) is 0 Å². The van der Waals surface area contributed by atoms with Crippen LogP contribution >= 0.6 is 7.92 Å². The summed E-state index contributed by atoms with van der Waals surface area (Å²) in [5.41, 5.74) is -2.53. The van der Waals surface area contributed by atoms with Gasteiger partial charge in [-0.15, -0.1) is 0 Å². The van der Waals surface area contributed by atoms with Gasteiger partial charge in [-0.3, -0.25) is 0 Å². The summed E-state index contributed by atoms with van der Waals surface area (Å²) in [7, 11) is -1.52. The third kappa shape index (κ3) is 6.80. The zero-order chi connectivity index (χ0) is 22.2. The Balaban J connectivity index is 3.32. The van der Waals surface area contributed by atoms with Gasteiger partial charge in [0.15, 0.2) is 11.6 Å². The molecule has 0 fully saturated rings. The molecule has 0 spiro atoms. The maximum absolute atomic E-state index is 14.8. The second-order valence-corrected chi connectivity index (χ2v) is 9.52. The van der Waals surface area contributed by atoms with E-state index in [1.54, 1.807) is 0 Å². The lowest BCUT2D eigenvalue weighted by atomic mass is 10.1. The van der Waals surface area contributed by atoms with Gasteiger partial charge >= 0.3 is 12.1 Å². The summed E-state index contributed by atoms with van der Waals surface area (Å²) < 4.78 is 108. The first-order valence-electron chi connectivity index (χ1n) is 9.86. The molecule has 168 valence electrons. The SMILES string of the molecule is CCCCCCP(CCCCCC)c1cc(F)c(F)c(C(F)(F)C(F)(F)F)c1F. The molecule has 0 heterocycles. The number of benzene rings is 1. The van der Waals surface area contributed by atoms with Crippen LogP contribution in [0, 0.1) is 17.5 Å². The van der Waals surface area contributed by atoms with Gasteiger partial charge in [-0.05, 0) is 31.2 Å². The van der Waals surface area contributed by atoms with Gasteiger partial charge in [0.2, 0.25) is 0 Å². The Bertz CT molecular complexity index is 630. The average Bonchev–Trinajstić information content (AvgIpc) is 2.62. The van der Waals surface area contributed by atoms with Crippen molar-refractivity contribution in [2.75, 3.05) is 12.3 Å². The van der Waals surface area contributed by atoms with E-state index in [2.05, 4.69) is 0 Å². The topological polar surface area (TPSA) is 0 Å². The fourth-order valence-corrected chi connectivity index (χ4v) is 5.65. The van der Waals surface area contributed by atoms with Crippen molar-refractivity contribution in [1.82, 2.24) is 0 Å². The second-order valence-electron chi connectivity index (χ2n) is 7.06. The molecule has 1 aromatic rings. The van der Waals surface area contributed by atoms with Crippen molar-refractivity contribution in [2.45, 2.75) is 77.3 Å². The molecule has 0 amide bonds. The quantitative estimate of drug-likeness (QED) is 0.131. The van der Waals surface area contributed by atoms with Gasteiger partial charge in [0.1, 0.15) is 11.4 Å². The summed E-state index contributed by atoms with van der Waals surface area (Å²) in [4.78, 5) is 0. The maximum atomic E-state index is 14.8. The summed E-state index contributed by atoms with van der Waals surface area (Å²) in [6, 6.07) is 0.464. The highest BCUT2D eigenvalue weighted by atomic mass is 31.1. The Morgan fingerprint density at radius 3 is 1.62 bits per heavy atom. The van der Waals surface area contributed by atoms with Crippen LogP contribution in [0.15, 0.2) is 6.07 Å². The van der Waals surface area contributed by atoms with Crippen LogP contribution in [-0.2, 0) is 5.92 Å². The van der Waals surface area contributed by atoms with Crippen molar-refractivity contribution in [1.29, 1.82) is 0 Å². The monoisotopic (exact) mass is 450 g/mol. The van der Waals surface area contributed by atoms with Crippen molar-refractivity contribution in [3.8, 4) is 0 Å². The van der Waals surface area contributed by atoms with Crippen LogP contribution in [0.4, 0.5) is 35.1 Å². The molecule has 0 N–H and O–H groups in total. The summed E-state index contributed by atoms with van der Waals surface area (Å²) in [6.45, 7) is 3.96. The molecular weight excluding hydrogens is 423 g/mol. The van der Waals surface area contributed by atoms with E-state index in [-0.39, 0.29) is 0 Å². The number of hydrogen-bond acceptors (Lipinski definition) is 0. The number of alkyl halides is 5. The molecule has 0 nitrogen and oxygen atoms in total. The molecule has 9 heteroatoms. The van der Waals surface area contributed by atoms with E-state index in [0.717, 1.165) is 38.5 Å². The second kappa shape index (κ2) is 11.5. The molecule has 29 heavy (non-hydrogen) atoms. The van der Waals surface area contributed by atoms with Crippen molar-refractivity contribution >= 4 is 13.2 Å². The lowest BCUT2D eigenvalue weighted by Crippen LogP contribution is -2.37. The number of halogens is 8. The predicted molar refractivity (Wildman–Crippen MR) is 101 cm³/mol. The molecule has 0 aliphatic heterocycles. The van der Waals surface area contributed by atoms with Crippen molar-refractivity contribution in [2.24, 2.45) is 0 Å². The van der Waals surface area contributed by atoms with E-state index in [4.69, 9.17) is 0 Å². The molecule has 1 aromatic carbocycles. The van der Waals surface area contributed by atoms with E-state index in [9.17, 15) is 35.1 Å². The third-order valence-electron chi connectivity index (χ3n) is 4.71. The number of rotatable bonds is 12. The Morgan fingerprint density at radius 1 is 0.724 bits per heavy atom. The van der Waals surface area contributed by atoms with Crippen LogP contribution in [0.25, 0.3) is 0 Å². The minimum absolute atomic E-state index is 0.375. The lowest BCUT2D eigenvalue weighted by Gasteiger charge is -2.25. The molecule has 0 unspecified atom stereocenters. The first-order chi connectivity index (χ1) is 13.5. The minimum Gasteiger partial charge on any atom is -0.206 e. The highest BCUT2D eigenvalue weighted by Gasteiger charge is 2.62. The van der Waals surface area contributed by atoms with Gasteiger partial charge in [0, 0.05) is 5.30 Å². The normalized spacial score (nSPS) is 12.8. The summed E-state index contributed by atoms with van der Waals surface area (Å²) in [6.07, 6.45) is 1.00. The first-order valence-corrected chi connectivity index (χ1v) is 11.6. The zero-order valence-electron chi connectivity index (χ0n) is 16.6. The molecule has 0 atom stereocenters. The van der Waals surface area contributed by atoms with Gasteiger partial charge in [0.25, 0.3) is 0 Å². The Kier molecular flexibility index (Phi) is 10.3. The minimum atomic E-state index is -6.23. The van der Waals surface area contributed by atoms with E-state index < -0.39 is 48.3 Å². The van der Waals surface area contributed by atoms with Gasteiger partial charge in [-0.2, -0.15) is 22.0 Å². The highest BCUT2D eigenvalue weighted by Crippen LogP contribution is 2.48. The van der Waals surface area contributed by atoms with Gasteiger partial charge in [0.05, 0.1) is 0 Å². The van der Waals surface area contributed by atoms with Crippen molar-refractivity contribution in [3.05, 3.63) is 29.1 Å². The Labute approximate surface area is 167 Å². The number of hydrogen-bond donors (Lipinski definition) is 0. The van der Waals surface area contributed by atoms with E-state index in [1.807, 2.05) is 13.8 Å². The molecule has 0 radical (unpaired) electrons. The van der Waals surface area contributed by atoms with E-state index in [1.165, 1.54) is 0 Å². The van der Waals surface area contributed by atoms with Gasteiger partial charge in [-0.1, -0.05) is 60.3 Å². The van der Waals surface area contributed by atoms with E-state index in [0.29, 0.717) is 31.2 Å². The third-order valence-corrected chi connectivity index (χ3v) is 7.43. The predicted octanol–water partition coefficient (Wildman–Crippen LogP) is 8.03. The Morgan fingerprint density at radius 2 is 1.21 bits per heavy atom. The molecule has 0 aromatic heterocycles.